The van der Waals surface area contributed by atoms with E-state index in [1.54, 1.807) is 0 Å². The Bertz CT molecular complexity index is 448. The van der Waals surface area contributed by atoms with E-state index < -0.39 is 11.7 Å². The fourth-order valence-electron chi connectivity index (χ4n) is 1.18. The molecule has 1 aromatic carbocycles. The molecule has 2 rings (SSSR count). The third-order valence-corrected chi connectivity index (χ3v) is 1.93. The Kier molecular flexibility index (Phi) is 2.55. The van der Waals surface area contributed by atoms with Crippen molar-refractivity contribution in [2.75, 3.05) is 5.32 Å². The lowest BCUT2D eigenvalue weighted by molar-refractivity contribution is -0.137. The Morgan fingerprint density at radius 1 is 1.06 bits per heavy atom. The SMILES string of the molecule is FC(F)(F)c1ccc(Nc2cnoc2)cc1. The lowest BCUT2D eigenvalue weighted by Gasteiger charge is -2.07. The highest BCUT2D eigenvalue weighted by Gasteiger charge is 2.29. The maximum atomic E-state index is 12.3. The van der Waals surface area contributed by atoms with E-state index in [0.29, 0.717) is 11.4 Å². The van der Waals surface area contributed by atoms with Crippen molar-refractivity contribution < 1.29 is 17.7 Å². The number of halogens is 3. The minimum atomic E-state index is -4.31. The van der Waals surface area contributed by atoms with Gasteiger partial charge in [0.25, 0.3) is 0 Å². The molecule has 84 valence electrons. The van der Waals surface area contributed by atoms with Crippen LogP contribution in [0, 0.1) is 0 Å². The van der Waals surface area contributed by atoms with Gasteiger partial charge < -0.3 is 9.84 Å². The Labute approximate surface area is 88.9 Å². The van der Waals surface area contributed by atoms with Crippen molar-refractivity contribution in [1.82, 2.24) is 5.16 Å². The van der Waals surface area contributed by atoms with Gasteiger partial charge in [0.2, 0.25) is 0 Å². The Balaban J connectivity index is 2.14. The van der Waals surface area contributed by atoms with Crippen LogP contribution in [0.5, 0.6) is 0 Å². The van der Waals surface area contributed by atoms with Crippen LogP contribution in [0.25, 0.3) is 0 Å². The number of alkyl halides is 3. The van der Waals surface area contributed by atoms with Crippen LogP contribution in [-0.2, 0) is 6.18 Å². The molecule has 6 heteroatoms. The second kappa shape index (κ2) is 3.88. The molecule has 0 amide bonds. The molecule has 3 nitrogen and oxygen atoms in total. The van der Waals surface area contributed by atoms with Gasteiger partial charge in [-0.05, 0) is 24.3 Å². The van der Waals surface area contributed by atoms with Crippen molar-refractivity contribution in [2.24, 2.45) is 0 Å². The maximum absolute atomic E-state index is 12.3. The van der Waals surface area contributed by atoms with E-state index in [2.05, 4.69) is 15.0 Å². The molecule has 2 aromatic rings. The van der Waals surface area contributed by atoms with Gasteiger partial charge in [0.1, 0.15) is 6.26 Å². The number of hydrogen-bond donors (Lipinski definition) is 1. The highest BCUT2D eigenvalue weighted by Crippen LogP contribution is 2.30. The average molecular weight is 228 g/mol. The van der Waals surface area contributed by atoms with E-state index in [-0.39, 0.29) is 0 Å². The molecule has 0 spiro atoms. The van der Waals surface area contributed by atoms with Crippen LogP contribution in [0.3, 0.4) is 0 Å². The van der Waals surface area contributed by atoms with Gasteiger partial charge in [-0.3, -0.25) is 0 Å². The Hall–Kier alpha value is -1.98. The summed E-state index contributed by atoms with van der Waals surface area (Å²) in [6.45, 7) is 0. The number of nitrogens with zero attached hydrogens (tertiary/aromatic N) is 1. The first-order chi connectivity index (χ1) is 7.55. The van der Waals surface area contributed by atoms with Crippen molar-refractivity contribution in [1.29, 1.82) is 0 Å². The van der Waals surface area contributed by atoms with Crippen molar-refractivity contribution in [3.05, 3.63) is 42.3 Å². The topological polar surface area (TPSA) is 38.1 Å². The average Bonchev–Trinajstić information content (AvgIpc) is 2.70. The number of aromatic nitrogens is 1. The monoisotopic (exact) mass is 228 g/mol. The van der Waals surface area contributed by atoms with Gasteiger partial charge in [-0.25, -0.2) is 0 Å². The van der Waals surface area contributed by atoms with Crippen molar-refractivity contribution in [2.45, 2.75) is 6.18 Å². The zero-order valence-electron chi connectivity index (χ0n) is 7.95. The maximum Gasteiger partial charge on any atom is 0.416 e. The van der Waals surface area contributed by atoms with Crippen LogP contribution < -0.4 is 5.32 Å². The number of rotatable bonds is 2. The van der Waals surface area contributed by atoms with Gasteiger partial charge in [-0.15, -0.1) is 0 Å². The quantitative estimate of drug-likeness (QED) is 0.855. The fourth-order valence-corrected chi connectivity index (χ4v) is 1.18. The first-order valence-electron chi connectivity index (χ1n) is 4.39. The zero-order chi connectivity index (χ0) is 11.6. The Morgan fingerprint density at radius 3 is 2.25 bits per heavy atom. The summed E-state index contributed by atoms with van der Waals surface area (Å²) >= 11 is 0. The van der Waals surface area contributed by atoms with Crippen molar-refractivity contribution in [3.8, 4) is 0 Å². The third kappa shape index (κ3) is 2.33. The predicted octanol–water partition coefficient (Wildman–Crippen LogP) is 3.44. The molecule has 0 aliphatic heterocycles. The molecule has 1 heterocycles. The minimum absolute atomic E-state index is 0.538. The summed E-state index contributed by atoms with van der Waals surface area (Å²) < 4.78 is 41.3. The van der Waals surface area contributed by atoms with Gasteiger partial charge in [-0.1, -0.05) is 5.16 Å². The van der Waals surface area contributed by atoms with E-state index in [1.807, 2.05) is 0 Å². The number of benzene rings is 1. The van der Waals surface area contributed by atoms with Crippen LogP contribution in [0.1, 0.15) is 5.56 Å². The molecule has 0 bridgehead atoms. The molecule has 0 radical (unpaired) electrons. The second-order valence-corrected chi connectivity index (χ2v) is 3.11. The van der Waals surface area contributed by atoms with Crippen LogP contribution in [0.15, 0.2) is 41.2 Å². The lowest BCUT2D eigenvalue weighted by Crippen LogP contribution is -2.04. The number of hydrogen-bond acceptors (Lipinski definition) is 3. The summed E-state index contributed by atoms with van der Waals surface area (Å²) in [6, 6.07) is 4.71. The van der Waals surface area contributed by atoms with Gasteiger partial charge in [0, 0.05) is 5.69 Å². The zero-order valence-corrected chi connectivity index (χ0v) is 7.95. The highest BCUT2D eigenvalue weighted by molar-refractivity contribution is 5.57. The molecule has 1 N–H and O–H groups in total. The van der Waals surface area contributed by atoms with Gasteiger partial charge in [-0.2, -0.15) is 13.2 Å². The van der Waals surface area contributed by atoms with Crippen LogP contribution in [0.4, 0.5) is 24.5 Å². The van der Waals surface area contributed by atoms with E-state index in [9.17, 15) is 13.2 Å². The first kappa shape index (κ1) is 10.5. The van der Waals surface area contributed by atoms with E-state index in [4.69, 9.17) is 0 Å². The first-order valence-corrected chi connectivity index (χ1v) is 4.39. The largest absolute Gasteiger partial charge is 0.416 e. The molecule has 0 fully saturated rings. The third-order valence-electron chi connectivity index (χ3n) is 1.93. The summed E-state index contributed by atoms with van der Waals surface area (Å²) in [5.41, 5.74) is 0.444. The lowest BCUT2D eigenvalue weighted by atomic mass is 10.2. The molecule has 0 aliphatic carbocycles. The summed E-state index contributed by atoms with van der Waals surface area (Å²) in [4.78, 5) is 0. The van der Waals surface area contributed by atoms with E-state index in [1.165, 1.54) is 24.6 Å². The predicted molar refractivity (Wildman–Crippen MR) is 51.2 cm³/mol. The molecular formula is C10H7F3N2O. The fraction of sp³-hybridized carbons (Fsp3) is 0.100. The molecular weight excluding hydrogens is 221 g/mol. The molecule has 0 saturated heterocycles. The summed E-state index contributed by atoms with van der Waals surface area (Å²) in [5.74, 6) is 0. The summed E-state index contributed by atoms with van der Waals surface area (Å²) in [6.07, 6.45) is -1.52. The molecule has 1 aromatic heterocycles. The van der Waals surface area contributed by atoms with Gasteiger partial charge in [0.05, 0.1) is 17.4 Å². The van der Waals surface area contributed by atoms with Crippen molar-refractivity contribution >= 4 is 11.4 Å². The molecule has 0 saturated carbocycles. The molecule has 0 aliphatic rings. The Morgan fingerprint density at radius 2 is 1.75 bits per heavy atom. The molecule has 0 atom stereocenters. The normalized spacial score (nSPS) is 11.4. The second-order valence-electron chi connectivity index (χ2n) is 3.11. The minimum Gasteiger partial charge on any atom is -0.363 e. The number of nitrogens with one attached hydrogen (secondary N) is 1. The summed E-state index contributed by atoms with van der Waals surface area (Å²) in [7, 11) is 0. The standard InChI is InChI=1S/C10H7F3N2O/c11-10(12,13)7-1-3-8(4-2-7)15-9-5-14-16-6-9/h1-6,15H. The summed E-state index contributed by atoms with van der Waals surface area (Å²) in [5, 5.41) is 6.30. The molecule has 16 heavy (non-hydrogen) atoms. The number of anilines is 2. The van der Waals surface area contributed by atoms with Crippen LogP contribution >= 0.6 is 0 Å². The van der Waals surface area contributed by atoms with Crippen LogP contribution in [0.2, 0.25) is 0 Å². The molecule has 0 unspecified atom stereocenters. The van der Waals surface area contributed by atoms with Gasteiger partial charge in [0.15, 0.2) is 0 Å². The smallest absolute Gasteiger partial charge is 0.363 e. The van der Waals surface area contributed by atoms with Gasteiger partial charge >= 0.3 is 6.18 Å². The van der Waals surface area contributed by atoms with E-state index >= 15 is 0 Å². The highest BCUT2D eigenvalue weighted by atomic mass is 19.4. The van der Waals surface area contributed by atoms with E-state index in [0.717, 1.165) is 12.1 Å². The van der Waals surface area contributed by atoms with Crippen molar-refractivity contribution in [3.63, 3.8) is 0 Å². The van der Waals surface area contributed by atoms with Crippen LogP contribution in [-0.4, -0.2) is 5.16 Å².